The summed E-state index contributed by atoms with van der Waals surface area (Å²) in [4.78, 5) is 32.8. The van der Waals surface area contributed by atoms with E-state index in [1.165, 1.54) is 16.2 Å². The van der Waals surface area contributed by atoms with Gasteiger partial charge in [-0.05, 0) is 59.3 Å². The lowest BCUT2D eigenvalue weighted by atomic mass is 9.97. The molecule has 0 unspecified atom stereocenters. The van der Waals surface area contributed by atoms with Gasteiger partial charge in [-0.3, -0.25) is 14.6 Å². The lowest BCUT2D eigenvalue weighted by Gasteiger charge is -2.24. The van der Waals surface area contributed by atoms with E-state index >= 15 is 0 Å². The molecule has 7 heteroatoms. The van der Waals surface area contributed by atoms with Gasteiger partial charge in [-0.15, -0.1) is 11.3 Å². The summed E-state index contributed by atoms with van der Waals surface area (Å²) in [5.74, 6) is -0.870. The first-order valence-electron chi connectivity index (χ1n) is 11.5. The molecule has 2 aromatic heterocycles. The third kappa shape index (κ3) is 4.65. The number of carbonyl (C=O) groups excluding carboxylic acids is 2. The van der Waals surface area contributed by atoms with Crippen LogP contribution < -0.4 is 4.74 Å². The van der Waals surface area contributed by atoms with Crippen molar-refractivity contribution < 1.29 is 19.4 Å². The van der Waals surface area contributed by atoms with E-state index in [0.717, 1.165) is 21.6 Å². The van der Waals surface area contributed by atoms with E-state index in [-0.39, 0.29) is 17.9 Å². The third-order valence-electron chi connectivity index (χ3n) is 6.13. The van der Waals surface area contributed by atoms with Crippen LogP contribution >= 0.6 is 11.3 Å². The van der Waals surface area contributed by atoms with Gasteiger partial charge in [-0.1, -0.05) is 42.5 Å². The number of aromatic nitrogens is 1. The van der Waals surface area contributed by atoms with Crippen molar-refractivity contribution in [1.82, 2.24) is 9.88 Å². The Balaban J connectivity index is 1.49. The zero-order valence-electron chi connectivity index (χ0n) is 19.6. The van der Waals surface area contributed by atoms with E-state index in [4.69, 9.17) is 4.74 Å². The molecule has 0 radical (unpaired) electrons. The van der Waals surface area contributed by atoms with Gasteiger partial charge in [0.15, 0.2) is 0 Å². The van der Waals surface area contributed by atoms with Crippen molar-refractivity contribution in [2.24, 2.45) is 0 Å². The minimum atomic E-state index is -0.696. The second kappa shape index (κ2) is 10.2. The number of ether oxygens (including phenoxy) is 1. The topological polar surface area (TPSA) is 79.7 Å². The van der Waals surface area contributed by atoms with Crippen molar-refractivity contribution in [3.05, 3.63) is 123 Å². The average molecular weight is 497 g/mol. The summed E-state index contributed by atoms with van der Waals surface area (Å²) >= 11 is 1.44. The number of hydrogen-bond donors (Lipinski definition) is 1. The fourth-order valence-corrected chi connectivity index (χ4v) is 5.20. The molecule has 1 amide bonds. The first-order chi connectivity index (χ1) is 17.5. The van der Waals surface area contributed by atoms with Crippen molar-refractivity contribution in [2.75, 3.05) is 0 Å². The van der Waals surface area contributed by atoms with Crippen LogP contribution in [0.1, 0.15) is 33.2 Å². The minimum absolute atomic E-state index is 0.0902. The van der Waals surface area contributed by atoms with Crippen LogP contribution in [0.3, 0.4) is 0 Å². The van der Waals surface area contributed by atoms with Crippen molar-refractivity contribution in [1.29, 1.82) is 0 Å². The van der Waals surface area contributed by atoms with E-state index in [1.807, 2.05) is 66.9 Å². The number of aliphatic hydroxyl groups is 1. The molecule has 2 aromatic carbocycles. The predicted molar refractivity (Wildman–Crippen MR) is 138 cm³/mol. The van der Waals surface area contributed by atoms with E-state index in [2.05, 4.69) is 4.98 Å². The molecule has 4 aromatic rings. The average Bonchev–Trinajstić information content (AvgIpc) is 3.51. The smallest absolute Gasteiger partial charge is 0.295 e. The summed E-state index contributed by atoms with van der Waals surface area (Å²) in [6, 6.07) is 21.9. The van der Waals surface area contributed by atoms with Crippen molar-refractivity contribution >= 4 is 28.8 Å². The van der Waals surface area contributed by atoms with Crippen LogP contribution in [0.2, 0.25) is 0 Å². The fourth-order valence-electron chi connectivity index (χ4n) is 4.35. The highest BCUT2D eigenvalue weighted by Crippen LogP contribution is 2.42. The van der Waals surface area contributed by atoms with E-state index < -0.39 is 17.7 Å². The number of carbonyl (C=O) groups is 2. The van der Waals surface area contributed by atoms with Gasteiger partial charge in [0.2, 0.25) is 0 Å². The third-order valence-corrected chi connectivity index (χ3v) is 7.05. The maximum atomic E-state index is 13.2. The number of Topliss-reactive ketones (excluding diaryl/α,β-unsaturated/α-hetero) is 1. The highest BCUT2D eigenvalue weighted by Gasteiger charge is 2.46. The lowest BCUT2D eigenvalue weighted by molar-refractivity contribution is -0.140. The zero-order valence-corrected chi connectivity index (χ0v) is 20.4. The largest absolute Gasteiger partial charge is 0.507 e. The SMILES string of the molecule is Cc1cc(OCc2ccccc2)ccc1C(O)=C1C(=O)C(=O)N(Cc2cccnc2)[C@H]1c1cccs1. The normalized spacial score (nSPS) is 16.9. The quantitative estimate of drug-likeness (QED) is 0.203. The number of nitrogens with zero attached hydrogens (tertiary/aromatic N) is 2. The Labute approximate surface area is 213 Å². The van der Waals surface area contributed by atoms with E-state index in [1.54, 1.807) is 30.6 Å². The summed E-state index contributed by atoms with van der Waals surface area (Å²) in [5, 5.41) is 13.3. The van der Waals surface area contributed by atoms with Crippen molar-refractivity contribution in [3.63, 3.8) is 0 Å². The summed E-state index contributed by atoms with van der Waals surface area (Å²) in [5.41, 5.74) is 3.17. The number of aliphatic hydroxyl groups excluding tert-OH is 1. The van der Waals surface area contributed by atoms with Crippen LogP contribution in [0.4, 0.5) is 0 Å². The molecule has 6 nitrogen and oxygen atoms in total. The molecule has 0 aliphatic carbocycles. The molecular formula is C29H24N2O4S. The predicted octanol–water partition coefficient (Wildman–Crippen LogP) is 5.65. The molecule has 36 heavy (non-hydrogen) atoms. The van der Waals surface area contributed by atoms with Gasteiger partial charge < -0.3 is 14.7 Å². The van der Waals surface area contributed by atoms with E-state index in [0.29, 0.717) is 17.9 Å². The van der Waals surface area contributed by atoms with Gasteiger partial charge in [-0.25, -0.2) is 0 Å². The molecule has 0 saturated carbocycles. The van der Waals surface area contributed by atoms with E-state index in [9.17, 15) is 14.7 Å². The molecule has 0 bridgehead atoms. The number of pyridine rings is 1. The van der Waals surface area contributed by atoms with Crippen LogP contribution in [0.15, 0.2) is 96.1 Å². The van der Waals surface area contributed by atoms with Crippen LogP contribution in [-0.4, -0.2) is 26.7 Å². The Bertz CT molecular complexity index is 1420. The fraction of sp³-hybridized carbons (Fsp3) is 0.138. The number of aryl methyl sites for hydroxylation is 1. The highest BCUT2D eigenvalue weighted by molar-refractivity contribution is 7.10. The number of likely N-dealkylation sites (tertiary alicyclic amines) is 1. The van der Waals surface area contributed by atoms with Gasteiger partial charge in [0.1, 0.15) is 18.1 Å². The zero-order chi connectivity index (χ0) is 25.1. The molecule has 0 spiro atoms. The van der Waals surface area contributed by atoms with Crippen LogP contribution in [0.5, 0.6) is 5.75 Å². The number of hydrogen-bond acceptors (Lipinski definition) is 6. The molecular weight excluding hydrogens is 472 g/mol. The highest BCUT2D eigenvalue weighted by atomic mass is 32.1. The Hall–Kier alpha value is -4.23. The molecule has 3 heterocycles. The molecule has 180 valence electrons. The number of thiophene rings is 1. The van der Waals surface area contributed by atoms with Crippen LogP contribution in [0.25, 0.3) is 5.76 Å². The molecule has 5 rings (SSSR count). The number of ketones is 1. The molecule has 1 saturated heterocycles. The second-order valence-corrected chi connectivity index (χ2v) is 9.53. The first kappa shape index (κ1) is 23.5. The van der Waals surface area contributed by atoms with Crippen molar-refractivity contribution in [3.8, 4) is 5.75 Å². The molecule has 1 N–H and O–H groups in total. The van der Waals surface area contributed by atoms with Crippen molar-refractivity contribution in [2.45, 2.75) is 26.1 Å². The Morgan fingerprint density at radius 3 is 2.53 bits per heavy atom. The number of rotatable bonds is 7. The summed E-state index contributed by atoms with van der Waals surface area (Å²) in [6.45, 7) is 2.47. The Morgan fingerprint density at radius 2 is 1.83 bits per heavy atom. The Morgan fingerprint density at radius 1 is 1.03 bits per heavy atom. The number of amides is 1. The van der Waals surface area contributed by atoms with Gasteiger partial charge >= 0.3 is 0 Å². The first-order valence-corrected chi connectivity index (χ1v) is 12.4. The number of benzene rings is 2. The molecule has 1 fully saturated rings. The summed E-state index contributed by atoms with van der Waals surface area (Å²) in [7, 11) is 0. The standard InChI is InChI=1S/C29H24N2O4S/c1-19-15-22(35-18-20-7-3-2-4-8-20)11-12-23(19)27(32)25-26(24-10-6-14-36-24)31(29(34)28(25)33)17-21-9-5-13-30-16-21/h2-16,26,32H,17-18H2,1H3/t26-/m0/s1. The molecule has 1 atom stereocenters. The molecule has 1 aliphatic heterocycles. The maximum Gasteiger partial charge on any atom is 0.295 e. The van der Waals surface area contributed by atoms with Crippen LogP contribution in [-0.2, 0) is 22.7 Å². The summed E-state index contributed by atoms with van der Waals surface area (Å²) in [6.07, 6.45) is 3.33. The summed E-state index contributed by atoms with van der Waals surface area (Å²) < 4.78 is 5.90. The van der Waals surface area contributed by atoms with Crippen LogP contribution in [0, 0.1) is 6.92 Å². The van der Waals surface area contributed by atoms with Gasteiger partial charge in [0.05, 0.1) is 11.6 Å². The lowest BCUT2D eigenvalue weighted by Crippen LogP contribution is -2.28. The van der Waals surface area contributed by atoms with Gasteiger partial charge in [0, 0.05) is 29.4 Å². The second-order valence-electron chi connectivity index (χ2n) is 8.55. The monoisotopic (exact) mass is 496 g/mol. The Kier molecular flexibility index (Phi) is 6.64. The molecule has 1 aliphatic rings. The van der Waals surface area contributed by atoms with Gasteiger partial charge in [0.25, 0.3) is 11.7 Å². The van der Waals surface area contributed by atoms with Gasteiger partial charge in [-0.2, -0.15) is 0 Å². The minimum Gasteiger partial charge on any atom is -0.507 e. The maximum absolute atomic E-state index is 13.2.